The zero-order valence-corrected chi connectivity index (χ0v) is 41.5. The lowest BCUT2D eigenvalue weighted by molar-refractivity contribution is -0.167. The van der Waals surface area contributed by atoms with E-state index in [1.807, 2.05) is 0 Å². The molecular weight excluding hydrogens is 905 g/mol. The Kier molecular flexibility index (Phi) is 20.6. The van der Waals surface area contributed by atoms with Crippen molar-refractivity contribution in [3.05, 3.63) is 71.8 Å². The van der Waals surface area contributed by atoms with Gasteiger partial charge < -0.3 is 28.4 Å². The number of hydrogen-bond acceptors (Lipinski definition) is 16. The van der Waals surface area contributed by atoms with Crippen LogP contribution in [0, 0.1) is 0 Å². The van der Waals surface area contributed by atoms with Crippen molar-refractivity contribution < 1.29 is 74.0 Å². The van der Waals surface area contributed by atoms with Gasteiger partial charge in [-0.05, 0) is 107 Å². The molecule has 2 amide bonds. The number of nitrogens with zero attached hydrogens (tertiary/aromatic N) is 2. The summed E-state index contributed by atoms with van der Waals surface area (Å²) in [5, 5.41) is 0. The highest BCUT2D eigenvalue weighted by Crippen LogP contribution is 2.23. The van der Waals surface area contributed by atoms with Gasteiger partial charge >= 0.3 is 56.5 Å². The van der Waals surface area contributed by atoms with Crippen molar-refractivity contribution in [2.75, 3.05) is 13.1 Å². The summed E-state index contributed by atoms with van der Waals surface area (Å²) < 4.78 is 93.2. The molecular formula is C44H66N4O16S2. The van der Waals surface area contributed by atoms with Crippen LogP contribution < -0.4 is 9.44 Å². The highest BCUT2D eigenvalue weighted by Gasteiger charge is 2.43. The molecule has 0 heterocycles. The first kappa shape index (κ1) is 56.8. The third-order valence-corrected chi connectivity index (χ3v) is 11.0. The second kappa shape index (κ2) is 23.9. The molecule has 370 valence electrons. The predicted octanol–water partition coefficient (Wildman–Crippen LogP) is 5.60. The van der Waals surface area contributed by atoms with Crippen LogP contribution >= 0.6 is 0 Å². The van der Waals surface area contributed by atoms with Crippen LogP contribution in [0.3, 0.4) is 0 Å². The molecule has 0 aliphatic rings. The van der Waals surface area contributed by atoms with E-state index < -0.39 is 117 Å². The van der Waals surface area contributed by atoms with Crippen molar-refractivity contribution in [1.29, 1.82) is 0 Å². The second-order valence-corrected chi connectivity index (χ2v) is 22.2. The van der Waals surface area contributed by atoms with Gasteiger partial charge in [0.2, 0.25) is 0 Å². The van der Waals surface area contributed by atoms with Crippen LogP contribution in [-0.2, 0) is 81.2 Å². The summed E-state index contributed by atoms with van der Waals surface area (Å²) in [4.78, 5) is 80.1. The van der Waals surface area contributed by atoms with Crippen LogP contribution in [0.15, 0.2) is 60.7 Å². The van der Waals surface area contributed by atoms with Crippen molar-refractivity contribution in [2.45, 2.75) is 156 Å². The maximum Gasteiger partial charge on any atom is 0.422 e. The normalized spacial score (nSPS) is 13.5. The number of amides is 2. The molecule has 0 bridgehead atoms. The zero-order valence-electron chi connectivity index (χ0n) is 39.8. The summed E-state index contributed by atoms with van der Waals surface area (Å²) >= 11 is 0. The molecule has 0 unspecified atom stereocenters. The number of unbranched alkanes of at least 4 members (excludes halogenated alkanes) is 1. The molecule has 20 nitrogen and oxygen atoms in total. The molecule has 2 N–H and O–H groups in total. The number of benzene rings is 2. The molecule has 0 aliphatic heterocycles. The molecule has 0 saturated heterocycles. The molecule has 2 atom stereocenters. The first-order valence-corrected chi connectivity index (χ1v) is 23.9. The van der Waals surface area contributed by atoms with E-state index in [2.05, 4.69) is 0 Å². The molecule has 2 aromatic carbocycles. The van der Waals surface area contributed by atoms with Gasteiger partial charge in [-0.1, -0.05) is 60.7 Å². The fourth-order valence-corrected chi connectivity index (χ4v) is 8.19. The topological polar surface area (TPSA) is 257 Å². The Morgan fingerprint density at radius 2 is 0.773 bits per heavy atom. The second-order valence-electron chi connectivity index (χ2n) is 18.9. The number of ether oxygens (including phenoxy) is 6. The van der Waals surface area contributed by atoms with Gasteiger partial charge in [-0.25, -0.2) is 19.0 Å². The lowest BCUT2D eigenvalue weighted by Gasteiger charge is -2.33. The Balaban J connectivity index is 2.63. The average Bonchev–Trinajstić information content (AvgIpc) is 3.14. The van der Waals surface area contributed by atoms with Crippen molar-refractivity contribution in [3.8, 4) is 0 Å². The lowest BCUT2D eigenvalue weighted by atomic mass is 10.1. The molecule has 0 aromatic heterocycles. The number of carbonyl (C=O) groups is 6. The third kappa shape index (κ3) is 22.2. The minimum atomic E-state index is -5.11. The van der Waals surface area contributed by atoms with Crippen LogP contribution in [0.2, 0.25) is 0 Å². The lowest BCUT2D eigenvalue weighted by Crippen LogP contribution is -2.54. The molecule has 0 saturated carbocycles. The van der Waals surface area contributed by atoms with Crippen LogP contribution in [-0.4, -0.2) is 109 Å². The molecule has 0 aliphatic carbocycles. The van der Waals surface area contributed by atoms with Crippen molar-refractivity contribution in [2.24, 2.45) is 0 Å². The van der Waals surface area contributed by atoms with Crippen LogP contribution in [0.25, 0.3) is 0 Å². The maximum absolute atomic E-state index is 14.1. The van der Waals surface area contributed by atoms with E-state index in [4.69, 9.17) is 28.4 Å². The molecule has 0 fully saturated rings. The highest BCUT2D eigenvalue weighted by molar-refractivity contribution is 7.88. The van der Waals surface area contributed by atoms with Gasteiger partial charge in [-0.2, -0.15) is 25.4 Å². The minimum absolute atomic E-state index is 0.337. The number of nitrogens with one attached hydrogen (secondary N) is 2. The Hall–Kier alpha value is -5.32. The summed E-state index contributed by atoms with van der Waals surface area (Å²) in [6.07, 6.45) is -5.36. The monoisotopic (exact) mass is 970 g/mol. The number of hydrogen-bond donors (Lipinski definition) is 2. The summed E-state index contributed by atoms with van der Waals surface area (Å²) in [6.45, 7) is 16.3. The van der Waals surface area contributed by atoms with Crippen molar-refractivity contribution >= 4 is 56.5 Å². The van der Waals surface area contributed by atoms with E-state index >= 15 is 0 Å². The Labute approximate surface area is 388 Å². The minimum Gasteiger partial charge on any atom is -0.460 e. The summed E-state index contributed by atoms with van der Waals surface area (Å²) in [6, 6.07) is 12.7. The van der Waals surface area contributed by atoms with E-state index in [0.717, 1.165) is 0 Å². The van der Waals surface area contributed by atoms with Crippen molar-refractivity contribution in [3.63, 3.8) is 0 Å². The fraction of sp³-hybridized carbons (Fsp3) is 0.591. The van der Waals surface area contributed by atoms with E-state index in [0.29, 0.717) is 19.7 Å². The van der Waals surface area contributed by atoms with E-state index in [9.17, 15) is 45.6 Å². The quantitative estimate of drug-likeness (QED) is 0.0877. The number of carbonyl (C=O) groups excluding carboxylic acids is 6. The Morgan fingerprint density at radius 1 is 0.485 bits per heavy atom. The number of esters is 4. The number of rotatable bonds is 21. The largest absolute Gasteiger partial charge is 0.460 e. The molecule has 2 aromatic rings. The van der Waals surface area contributed by atoms with E-state index in [1.54, 1.807) is 112 Å². The molecule has 66 heavy (non-hydrogen) atoms. The van der Waals surface area contributed by atoms with Gasteiger partial charge in [0.1, 0.15) is 47.7 Å². The summed E-state index contributed by atoms with van der Waals surface area (Å²) in [5.41, 5.74) is -3.49. The van der Waals surface area contributed by atoms with Gasteiger partial charge in [0.05, 0.1) is 12.8 Å². The van der Waals surface area contributed by atoms with Crippen molar-refractivity contribution in [1.82, 2.24) is 18.1 Å². The summed E-state index contributed by atoms with van der Waals surface area (Å²) in [7, 11) is -10.2. The maximum atomic E-state index is 14.1. The zero-order chi connectivity index (χ0) is 50.3. The standard InChI is InChI=1S/C44H66N4O16S2/c1-41(2,3)61-35(49)27-33(37(51)63-43(7,8)9)47(65(55,56)45-39(53)59-29-31-21-15-13-16-22-31)25-19-20-26-48(66(57,58)46-40(54)60-30-32-23-17-14-18-24-32)34(38(52)64-44(10,11)12)28-36(50)62-42(4,5)6/h13-18,21-24,33-34H,19-20,25-30H2,1-12H3,(H,45,53)(H,46,54)/t33-,34-/m0/s1. The van der Waals surface area contributed by atoms with Crippen LogP contribution in [0.4, 0.5) is 9.59 Å². The Bertz CT molecular complexity index is 2020. The first-order chi connectivity index (χ1) is 30.2. The molecule has 0 radical (unpaired) electrons. The molecule has 2 rings (SSSR count). The third-order valence-electron chi connectivity index (χ3n) is 8.09. The van der Waals surface area contributed by atoms with Gasteiger partial charge in [-0.15, -0.1) is 0 Å². The Morgan fingerprint density at radius 3 is 1.05 bits per heavy atom. The van der Waals surface area contributed by atoms with Gasteiger partial charge in [0.15, 0.2) is 0 Å². The van der Waals surface area contributed by atoms with E-state index in [1.165, 1.54) is 41.5 Å². The molecule has 22 heteroatoms. The fourth-order valence-electron chi connectivity index (χ4n) is 5.68. The molecule has 0 spiro atoms. The van der Waals surface area contributed by atoms with Crippen LogP contribution in [0.5, 0.6) is 0 Å². The van der Waals surface area contributed by atoms with Gasteiger partial charge in [0, 0.05) is 13.1 Å². The summed E-state index contributed by atoms with van der Waals surface area (Å²) in [5.74, 6) is -4.40. The smallest absolute Gasteiger partial charge is 0.422 e. The first-order valence-electron chi connectivity index (χ1n) is 21.1. The average molecular weight is 971 g/mol. The SMILES string of the molecule is CC(C)(C)OC(=O)C[C@@H](C(=O)OC(C)(C)C)N(CCCCN([C@@H](CC(=O)OC(C)(C)C)C(=O)OC(C)(C)C)S(=O)(=O)NC(=O)OCc1ccccc1)S(=O)(=O)NC(=O)OCc1ccccc1. The van der Waals surface area contributed by atoms with Gasteiger partial charge in [-0.3, -0.25) is 19.2 Å². The van der Waals surface area contributed by atoms with Gasteiger partial charge in [0.25, 0.3) is 0 Å². The predicted molar refractivity (Wildman–Crippen MR) is 240 cm³/mol. The van der Waals surface area contributed by atoms with E-state index in [-0.39, 0.29) is 26.1 Å². The van der Waals surface area contributed by atoms with Crippen LogP contribution in [0.1, 0.15) is 120 Å². The highest BCUT2D eigenvalue weighted by atomic mass is 32.2.